The summed E-state index contributed by atoms with van der Waals surface area (Å²) in [6.07, 6.45) is 4.31. The van der Waals surface area contributed by atoms with Crippen molar-refractivity contribution in [1.82, 2.24) is 15.1 Å². The molecule has 5 heteroatoms. The predicted molar refractivity (Wildman–Crippen MR) is 57.5 cm³/mol. The molecule has 1 saturated heterocycles. The quantitative estimate of drug-likeness (QED) is 0.736. The molecular weight excluding hydrogens is 281 g/mol. The van der Waals surface area contributed by atoms with Crippen LogP contribution in [-0.4, -0.2) is 34.1 Å². The number of halogens is 1. The smallest absolute Gasteiger partial charge is 0.0902 e. The number of rotatable bonds is 1. The van der Waals surface area contributed by atoms with Crippen molar-refractivity contribution in [3.8, 4) is 0 Å². The van der Waals surface area contributed by atoms with Gasteiger partial charge in [0.15, 0.2) is 0 Å². The number of nitrogens with zero attached hydrogens (tertiary/aromatic N) is 2. The number of aliphatic hydroxyl groups excluding tert-OH is 1. The van der Waals surface area contributed by atoms with E-state index < -0.39 is 0 Å². The second-order valence-corrected chi connectivity index (χ2v) is 4.51. The molecule has 0 spiro atoms. The van der Waals surface area contributed by atoms with Crippen molar-refractivity contribution in [2.45, 2.75) is 18.6 Å². The van der Waals surface area contributed by atoms with Crippen molar-refractivity contribution >= 4 is 22.6 Å². The summed E-state index contributed by atoms with van der Waals surface area (Å²) < 4.78 is 2.95. The Morgan fingerprint density at radius 1 is 1.69 bits per heavy atom. The van der Waals surface area contributed by atoms with Crippen LogP contribution in [0.3, 0.4) is 0 Å². The third-order valence-corrected chi connectivity index (χ3v) is 2.88. The molecule has 2 N–H and O–H groups in total. The Labute approximate surface area is 90.5 Å². The van der Waals surface area contributed by atoms with Gasteiger partial charge in [-0.1, -0.05) is 0 Å². The molecule has 0 saturated carbocycles. The second-order valence-electron chi connectivity index (χ2n) is 3.27. The lowest BCUT2D eigenvalue weighted by molar-refractivity contribution is 0.0783. The van der Waals surface area contributed by atoms with Crippen molar-refractivity contribution in [2.24, 2.45) is 0 Å². The van der Waals surface area contributed by atoms with Gasteiger partial charge in [0, 0.05) is 12.7 Å². The van der Waals surface area contributed by atoms with Crippen LogP contribution in [0.15, 0.2) is 12.4 Å². The van der Waals surface area contributed by atoms with E-state index in [-0.39, 0.29) is 12.1 Å². The monoisotopic (exact) mass is 293 g/mol. The summed E-state index contributed by atoms with van der Waals surface area (Å²) in [6.45, 7) is 1.70. The highest BCUT2D eigenvalue weighted by Crippen LogP contribution is 2.17. The molecule has 0 radical (unpaired) electrons. The molecule has 2 heterocycles. The van der Waals surface area contributed by atoms with E-state index in [1.807, 2.05) is 17.1 Å². The minimum absolute atomic E-state index is 0.0947. The average Bonchev–Trinajstić information content (AvgIpc) is 2.53. The first-order chi connectivity index (χ1) is 6.27. The van der Waals surface area contributed by atoms with E-state index >= 15 is 0 Å². The summed E-state index contributed by atoms with van der Waals surface area (Å²) in [7, 11) is 0. The van der Waals surface area contributed by atoms with Gasteiger partial charge in [-0.3, -0.25) is 4.68 Å². The summed E-state index contributed by atoms with van der Waals surface area (Å²) in [5.74, 6) is 0. The molecule has 72 valence electrons. The highest BCUT2D eigenvalue weighted by molar-refractivity contribution is 14.1. The van der Waals surface area contributed by atoms with Crippen molar-refractivity contribution < 1.29 is 5.11 Å². The van der Waals surface area contributed by atoms with E-state index in [4.69, 9.17) is 0 Å². The summed E-state index contributed by atoms with van der Waals surface area (Å²) >= 11 is 2.22. The van der Waals surface area contributed by atoms with Crippen molar-refractivity contribution in [2.75, 3.05) is 13.1 Å². The third-order valence-electron chi connectivity index (χ3n) is 2.32. The minimum Gasteiger partial charge on any atom is -0.391 e. The zero-order chi connectivity index (χ0) is 9.26. The fourth-order valence-electron chi connectivity index (χ4n) is 1.59. The van der Waals surface area contributed by atoms with Gasteiger partial charge in [-0.2, -0.15) is 5.10 Å². The molecule has 2 unspecified atom stereocenters. The first kappa shape index (κ1) is 9.42. The zero-order valence-electron chi connectivity index (χ0n) is 7.15. The molecule has 0 aromatic carbocycles. The van der Waals surface area contributed by atoms with E-state index in [2.05, 4.69) is 33.0 Å². The predicted octanol–water partition coefficient (Wildman–Crippen LogP) is 0.383. The summed E-state index contributed by atoms with van der Waals surface area (Å²) in [5.41, 5.74) is 0. The Bertz CT molecular complexity index is 289. The van der Waals surface area contributed by atoms with Crippen LogP contribution < -0.4 is 5.32 Å². The molecule has 1 aliphatic rings. The third kappa shape index (κ3) is 2.03. The van der Waals surface area contributed by atoms with Crippen molar-refractivity contribution in [3.63, 3.8) is 0 Å². The molecule has 0 bridgehead atoms. The van der Waals surface area contributed by atoms with Crippen molar-refractivity contribution in [1.29, 1.82) is 0 Å². The van der Waals surface area contributed by atoms with Gasteiger partial charge in [0.05, 0.1) is 21.9 Å². The van der Waals surface area contributed by atoms with Gasteiger partial charge in [0.25, 0.3) is 0 Å². The van der Waals surface area contributed by atoms with Crippen LogP contribution in [0, 0.1) is 3.57 Å². The number of hydrogen-bond donors (Lipinski definition) is 2. The molecule has 1 aromatic rings. The summed E-state index contributed by atoms with van der Waals surface area (Å²) in [5, 5.41) is 17.2. The molecule has 4 nitrogen and oxygen atoms in total. The van der Waals surface area contributed by atoms with Crippen LogP contribution in [0.2, 0.25) is 0 Å². The van der Waals surface area contributed by atoms with Crippen LogP contribution in [0.1, 0.15) is 12.5 Å². The molecule has 1 fully saturated rings. The van der Waals surface area contributed by atoms with Gasteiger partial charge in [0.1, 0.15) is 0 Å². The molecule has 2 atom stereocenters. The van der Waals surface area contributed by atoms with Crippen LogP contribution in [0.5, 0.6) is 0 Å². The highest BCUT2D eigenvalue weighted by Gasteiger charge is 2.24. The minimum atomic E-state index is -0.267. The molecule has 1 aliphatic heterocycles. The number of hydrogen-bond acceptors (Lipinski definition) is 3. The Balaban J connectivity index is 2.14. The molecule has 2 rings (SSSR count). The Morgan fingerprint density at radius 2 is 2.54 bits per heavy atom. The van der Waals surface area contributed by atoms with Gasteiger partial charge in [-0.15, -0.1) is 0 Å². The lowest BCUT2D eigenvalue weighted by Gasteiger charge is -2.28. The Hall–Kier alpha value is -0.140. The molecule has 1 aromatic heterocycles. The first-order valence-electron chi connectivity index (χ1n) is 4.36. The van der Waals surface area contributed by atoms with E-state index in [9.17, 15) is 5.11 Å². The number of nitrogens with one attached hydrogen (secondary N) is 1. The van der Waals surface area contributed by atoms with E-state index in [1.165, 1.54) is 0 Å². The van der Waals surface area contributed by atoms with E-state index in [0.29, 0.717) is 0 Å². The molecular formula is C8H12IN3O. The fourth-order valence-corrected chi connectivity index (χ4v) is 2.00. The molecule has 13 heavy (non-hydrogen) atoms. The van der Waals surface area contributed by atoms with Gasteiger partial charge in [0.2, 0.25) is 0 Å². The van der Waals surface area contributed by atoms with Gasteiger partial charge in [-0.05, 0) is 35.6 Å². The fraction of sp³-hybridized carbons (Fsp3) is 0.625. The van der Waals surface area contributed by atoms with Gasteiger partial charge < -0.3 is 10.4 Å². The molecule has 0 amide bonds. The zero-order valence-corrected chi connectivity index (χ0v) is 9.31. The normalized spacial score (nSPS) is 29.1. The lowest BCUT2D eigenvalue weighted by atomic mass is 10.0. The number of aromatic nitrogens is 2. The maximum atomic E-state index is 9.73. The Kier molecular flexibility index (Phi) is 2.85. The maximum absolute atomic E-state index is 9.73. The number of aliphatic hydroxyl groups is 1. The van der Waals surface area contributed by atoms with E-state index in [1.54, 1.807) is 0 Å². The standard InChI is InChI=1S/C8H12IN3O/c9-6-3-11-12(5-6)7-4-10-2-1-8(7)13/h3,5,7-8,10,13H,1-2,4H2. The summed E-state index contributed by atoms with van der Waals surface area (Å²) in [4.78, 5) is 0. The van der Waals surface area contributed by atoms with E-state index in [0.717, 1.165) is 23.1 Å². The first-order valence-corrected chi connectivity index (χ1v) is 5.43. The largest absolute Gasteiger partial charge is 0.391 e. The van der Waals surface area contributed by atoms with Crippen molar-refractivity contribution in [3.05, 3.63) is 16.0 Å². The highest BCUT2D eigenvalue weighted by atomic mass is 127. The number of piperidine rings is 1. The Morgan fingerprint density at radius 3 is 3.15 bits per heavy atom. The van der Waals surface area contributed by atoms with Gasteiger partial charge >= 0.3 is 0 Å². The second kappa shape index (κ2) is 3.93. The lowest BCUT2D eigenvalue weighted by Crippen LogP contribution is -2.41. The molecule has 0 aliphatic carbocycles. The SMILES string of the molecule is OC1CCNCC1n1cc(I)cn1. The topological polar surface area (TPSA) is 50.1 Å². The van der Waals surface area contributed by atoms with Gasteiger partial charge in [-0.25, -0.2) is 0 Å². The summed E-state index contributed by atoms with van der Waals surface area (Å²) in [6, 6.07) is 0.0947. The van der Waals surface area contributed by atoms with Crippen LogP contribution in [-0.2, 0) is 0 Å². The average molecular weight is 293 g/mol. The van der Waals surface area contributed by atoms with Crippen LogP contribution >= 0.6 is 22.6 Å². The maximum Gasteiger partial charge on any atom is 0.0902 e. The van der Waals surface area contributed by atoms with Crippen LogP contribution in [0.25, 0.3) is 0 Å². The van der Waals surface area contributed by atoms with Crippen LogP contribution in [0.4, 0.5) is 0 Å².